The van der Waals surface area contributed by atoms with Gasteiger partial charge >= 0.3 is 5.97 Å². The summed E-state index contributed by atoms with van der Waals surface area (Å²) in [4.78, 5) is 54.8. The minimum absolute atomic E-state index is 0.0676. The highest BCUT2D eigenvalue weighted by atomic mass is 16.4. The van der Waals surface area contributed by atoms with Crippen LogP contribution in [0.25, 0.3) is 0 Å². The molecular formula is C23H33N5O5. The molecule has 180 valence electrons. The lowest BCUT2D eigenvalue weighted by Gasteiger charge is -2.33. The maximum absolute atomic E-state index is 12.9. The molecule has 0 saturated carbocycles. The number of amides is 3. The van der Waals surface area contributed by atoms with Gasteiger partial charge in [-0.3, -0.25) is 24.2 Å². The highest BCUT2D eigenvalue weighted by molar-refractivity contribution is 5.94. The molecule has 2 saturated heterocycles. The highest BCUT2D eigenvalue weighted by Gasteiger charge is 2.30. The zero-order valence-electron chi connectivity index (χ0n) is 18.8. The van der Waals surface area contributed by atoms with E-state index in [1.807, 2.05) is 0 Å². The fourth-order valence-electron chi connectivity index (χ4n) is 4.41. The smallest absolute Gasteiger partial charge is 0.307 e. The Morgan fingerprint density at radius 3 is 2.67 bits per heavy atom. The van der Waals surface area contributed by atoms with E-state index in [2.05, 4.69) is 20.9 Å². The predicted octanol–water partition coefficient (Wildman–Crippen LogP) is 0.747. The minimum Gasteiger partial charge on any atom is -0.481 e. The molecule has 1 aromatic heterocycles. The van der Waals surface area contributed by atoms with Crippen molar-refractivity contribution in [2.45, 2.75) is 51.1 Å². The molecule has 1 aromatic rings. The molecule has 0 bridgehead atoms. The van der Waals surface area contributed by atoms with Gasteiger partial charge in [-0.15, -0.1) is 0 Å². The van der Waals surface area contributed by atoms with Crippen molar-refractivity contribution < 1.29 is 24.3 Å². The number of carboxylic acid groups (broad SMARTS) is 1. The molecule has 3 heterocycles. The standard InChI is InChI=1S/C23H33N5O5/c29-20(6-5-16-7-10-24-11-8-16)28-12-2-4-18(15-28)23(33)27-19(13-21(30)31)26-22(32)17-3-1-9-25-14-17/h1,3,9,14,16,18-19,24H,2,4-8,10-13,15H2,(H,26,32)(H,27,33)(H,30,31)/t18-,19+/m1/s1. The fraction of sp³-hybridized carbons (Fsp3) is 0.609. The van der Waals surface area contributed by atoms with Gasteiger partial charge in [0.25, 0.3) is 5.91 Å². The number of carboxylic acids is 1. The number of nitrogens with zero attached hydrogens (tertiary/aromatic N) is 2. The lowest BCUT2D eigenvalue weighted by atomic mass is 9.92. The molecule has 0 radical (unpaired) electrons. The number of nitrogens with one attached hydrogen (secondary N) is 3. The van der Waals surface area contributed by atoms with Gasteiger partial charge in [-0.2, -0.15) is 0 Å². The van der Waals surface area contributed by atoms with E-state index >= 15 is 0 Å². The molecule has 10 heteroatoms. The second-order valence-corrected chi connectivity index (χ2v) is 8.79. The molecule has 33 heavy (non-hydrogen) atoms. The quantitative estimate of drug-likeness (QED) is 0.399. The summed E-state index contributed by atoms with van der Waals surface area (Å²) in [6, 6.07) is 3.15. The van der Waals surface area contributed by atoms with Crippen LogP contribution in [-0.2, 0) is 14.4 Å². The van der Waals surface area contributed by atoms with Gasteiger partial charge < -0.3 is 26.0 Å². The zero-order valence-corrected chi connectivity index (χ0v) is 18.8. The van der Waals surface area contributed by atoms with Crippen LogP contribution in [0.5, 0.6) is 0 Å². The third-order valence-electron chi connectivity index (χ3n) is 6.29. The first-order chi connectivity index (χ1) is 15.9. The maximum atomic E-state index is 12.9. The van der Waals surface area contributed by atoms with Gasteiger partial charge in [0.1, 0.15) is 6.17 Å². The van der Waals surface area contributed by atoms with Gasteiger partial charge in [0.2, 0.25) is 11.8 Å². The van der Waals surface area contributed by atoms with Gasteiger partial charge in [-0.1, -0.05) is 0 Å². The number of pyridine rings is 1. The Morgan fingerprint density at radius 1 is 1.18 bits per heavy atom. The SMILES string of the molecule is O=C(O)C[C@@H](NC(=O)c1cccnc1)NC(=O)[C@@H]1CCCN(C(=O)CCC2CCNCC2)C1. The summed E-state index contributed by atoms with van der Waals surface area (Å²) in [7, 11) is 0. The molecule has 4 N–H and O–H groups in total. The number of carbonyl (C=O) groups excluding carboxylic acids is 3. The number of likely N-dealkylation sites (tertiary alicyclic amines) is 1. The summed E-state index contributed by atoms with van der Waals surface area (Å²) in [5.41, 5.74) is 0.269. The first-order valence-electron chi connectivity index (χ1n) is 11.6. The van der Waals surface area contributed by atoms with E-state index in [0.717, 1.165) is 32.4 Å². The minimum atomic E-state index is -1.15. The van der Waals surface area contributed by atoms with Crippen LogP contribution in [-0.4, -0.2) is 71.0 Å². The average Bonchev–Trinajstić information content (AvgIpc) is 2.83. The van der Waals surface area contributed by atoms with Crippen molar-refractivity contribution >= 4 is 23.7 Å². The van der Waals surface area contributed by atoms with Crippen molar-refractivity contribution in [3.63, 3.8) is 0 Å². The lowest BCUT2D eigenvalue weighted by molar-refractivity contribution is -0.138. The first kappa shape index (κ1) is 24.6. The van der Waals surface area contributed by atoms with Crippen LogP contribution in [0.1, 0.15) is 55.3 Å². The predicted molar refractivity (Wildman–Crippen MR) is 120 cm³/mol. The normalized spacial score (nSPS) is 20.0. The number of carbonyl (C=O) groups is 4. The van der Waals surface area contributed by atoms with Crippen LogP contribution in [0.2, 0.25) is 0 Å². The summed E-state index contributed by atoms with van der Waals surface area (Å²) in [6.45, 7) is 2.94. The molecule has 3 amide bonds. The van der Waals surface area contributed by atoms with Crippen molar-refractivity contribution in [1.29, 1.82) is 0 Å². The second kappa shape index (κ2) is 12.3. The van der Waals surface area contributed by atoms with Crippen LogP contribution in [0.4, 0.5) is 0 Å². The van der Waals surface area contributed by atoms with Gasteiger partial charge in [0.05, 0.1) is 17.9 Å². The topological polar surface area (TPSA) is 141 Å². The molecule has 2 aliphatic rings. The van der Waals surface area contributed by atoms with Crippen molar-refractivity contribution in [2.24, 2.45) is 11.8 Å². The third kappa shape index (κ3) is 7.81. The number of hydrogen-bond donors (Lipinski definition) is 4. The van der Waals surface area contributed by atoms with E-state index in [1.54, 1.807) is 17.0 Å². The van der Waals surface area contributed by atoms with Gasteiger partial charge in [-0.25, -0.2) is 0 Å². The Hall–Kier alpha value is -3.01. The van der Waals surface area contributed by atoms with Crippen molar-refractivity contribution in [3.05, 3.63) is 30.1 Å². The summed E-state index contributed by atoms with van der Waals surface area (Å²) in [5.74, 6) is -1.83. The molecule has 3 rings (SSSR count). The molecule has 2 fully saturated rings. The van der Waals surface area contributed by atoms with Crippen LogP contribution >= 0.6 is 0 Å². The number of hydrogen-bond acceptors (Lipinski definition) is 6. The summed E-state index contributed by atoms with van der Waals surface area (Å²) in [5, 5.41) is 17.7. The van der Waals surface area contributed by atoms with E-state index in [-0.39, 0.29) is 17.4 Å². The van der Waals surface area contributed by atoms with Crippen molar-refractivity contribution in [3.8, 4) is 0 Å². The third-order valence-corrected chi connectivity index (χ3v) is 6.29. The van der Waals surface area contributed by atoms with Crippen LogP contribution in [0.15, 0.2) is 24.5 Å². The van der Waals surface area contributed by atoms with E-state index in [4.69, 9.17) is 0 Å². The molecule has 0 aliphatic carbocycles. The van der Waals surface area contributed by atoms with Crippen molar-refractivity contribution in [1.82, 2.24) is 25.8 Å². The molecule has 2 aliphatic heterocycles. The van der Waals surface area contributed by atoms with E-state index in [0.29, 0.717) is 38.3 Å². The van der Waals surface area contributed by atoms with Gasteiger partial charge in [0.15, 0.2) is 0 Å². The zero-order chi connectivity index (χ0) is 23.6. The van der Waals surface area contributed by atoms with Crippen LogP contribution in [0.3, 0.4) is 0 Å². The molecular weight excluding hydrogens is 426 g/mol. The van der Waals surface area contributed by atoms with Crippen LogP contribution in [0, 0.1) is 11.8 Å². The highest BCUT2D eigenvalue weighted by Crippen LogP contribution is 2.21. The number of rotatable bonds is 9. The molecule has 10 nitrogen and oxygen atoms in total. The first-order valence-corrected chi connectivity index (χ1v) is 11.6. The molecule has 0 unspecified atom stereocenters. The Balaban J connectivity index is 1.52. The second-order valence-electron chi connectivity index (χ2n) is 8.79. The van der Waals surface area contributed by atoms with Gasteiger partial charge in [-0.05, 0) is 63.2 Å². The average molecular weight is 460 g/mol. The van der Waals surface area contributed by atoms with E-state index < -0.39 is 30.4 Å². The lowest BCUT2D eigenvalue weighted by Crippen LogP contribution is -2.53. The monoisotopic (exact) mass is 459 g/mol. The molecule has 0 aromatic carbocycles. The number of aliphatic carboxylic acids is 1. The molecule has 0 spiro atoms. The Kier molecular flexibility index (Phi) is 9.17. The maximum Gasteiger partial charge on any atom is 0.307 e. The van der Waals surface area contributed by atoms with Crippen molar-refractivity contribution in [2.75, 3.05) is 26.2 Å². The summed E-state index contributed by atoms with van der Waals surface area (Å²) >= 11 is 0. The van der Waals surface area contributed by atoms with Gasteiger partial charge in [0, 0.05) is 31.9 Å². The fourth-order valence-corrected chi connectivity index (χ4v) is 4.41. The Bertz CT molecular complexity index is 828. The summed E-state index contributed by atoms with van der Waals surface area (Å²) < 4.78 is 0. The van der Waals surface area contributed by atoms with E-state index in [9.17, 15) is 24.3 Å². The number of piperidine rings is 2. The molecule has 2 atom stereocenters. The van der Waals surface area contributed by atoms with E-state index in [1.165, 1.54) is 12.4 Å². The Morgan fingerprint density at radius 2 is 1.97 bits per heavy atom. The van der Waals surface area contributed by atoms with Crippen LogP contribution < -0.4 is 16.0 Å². The number of aromatic nitrogens is 1. The largest absolute Gasteiger partial charge is 0.481 e. The summed E-state index contributed by atoms with van der Waals surface area (Å²) in [6.07, 6.45) is 6.23. The Labute approximate surface area is 193 Å².